The Morgan fingerprint density at radius 1 is 0.354 bits per heavy atom. The van der Waals surface area contributed by atoms with E-state index < -0.39 is 57.8 Å². The van der Waals surface area contributed by atoms with Crippen LogP contribution >= 0.6 is 7.82 Å². The highest BCUT2D eigenvalue weighted by atomic mass is 31.2. The van der Waals surface area contributed by atoms with Crippen molar-refractivity contribution >= 4 is 25.7 Å². The fourth-order valence-electron chi connectivity index (χ4n) is 8.74. The van der Waals surface area contributed by atoms with Crippen LogP contribution < -0.4 is 0 Å². The average molecular weight is 1170 g/mol. The second-order valence-corrected chi connectivity index (χ2v) is 23.0. The SMILES string of the molecule is CC/C=C\C/C=C\C/C=C\C/C=C\C/C=C\C/C=C\CCC(=O)OC(COC(=O)CCCCCCCC/C=C\C/C=C\C/C=C\CCCCC)COP(=O)(O)OCC(CO)OC(=O)CCCCCCCCCCCCCCCCCCC. The fourth-order valence-corrected chi connectivity index (χ4v) is 9.53. The highest BCUT2D eigenvalue weighted by Crippen LogP contribution is 2.43. The summed E-state index contributed by atoms with van der Waals surface area (Å²) >= 11 is 0. The second kappa shape index (κ2) is 63.2. The van der Waals surface area contributed by atoms with Crippen molar-refractivity contribution in [1.29, 1.82) is 0 Å². The van der Waals surface area contributed by atoms with Gasteiger partial charge in [0.25, 0.3) is 0 Å². The number of unbranched alkanes of at least 4 members (excludes halogenated alkanes) is 25. The Hall–Kier alpha value is -3.86. The highest BCUT2D eigenvalue weighted by molar-refractivity contribution is 7.47. The Balaban J connectivity index is 4.81. The van der Waals surface area contributed by atoms with Crippen molar-refractivity contribution < 1.29 is 52.2 Å². The molecule has 0 heterocycles. The number of aliphatic hydroxyl groups excluding tert-OH is 1. The van der Waals surface area contributed by atoms with E-state index in [1.165, 1.54) is 109 Å². The molecule has 0 aliphatic carbocycles. The van der Waals surface area contributed by atoms with E-state index in [1.807, 2.05) is 12.2 Å². The number of allylic oxidation sites excluding steroid dienone is 18. The van der Waals surface area contributed by atoms with Crippen molar-refractivity contribution in [3.63, 3.8) is 0 Å². The molecule has 0 spiro atoms. The van der Waals surface area contributed by atoms with Gasteiger partial charge in [-0.15, -0.1) is 0 Å². The number of phosphoric ester groups is 1. The molecular formula is C70H119O11P. The number of hydrogen-bond donors (Lipinski definition) is 2. The van der Waals surface area contributed by atoms with Crippen LogP contribution in [0.4, 0.5) is 0 Å². The molecule has 0 aromatic carbocycles. The lowest BCUT2D eigenvalue weighted by atomic mass is 10.0. The van der Waals surface area contributed by atoms with Crippen LogP contribution in [-0.2, 0) is 42.2 Å². The van der Waals surface area contributed by atoms with E-state index in [2.05, 4.69) is 118 Å². The van der Waals surface area contributed by atoms with Crippen LogP contribution in [0.25, 0.3) is 0 Å². The Bertz CT molecular complexity index is 1790. The first kappa shape index (κ1) is 78.1. The van der Waals surface area contributed by atoms with Gasteiger partial charge in [-0.3, -0.25) is 23.4 Å². The van der Waals surface area contributed by atoms with Gasteiger partial charge in [-0.1, -0.05) is 271 Å². The van der Waals surface area contributed by atoms with Crippen LogP contribution in [0.2, 0.25) is 0 Å². The lowest BCUT2D eigenvalue weighted by Crippen LogP contribution is -2.30. The summed E-state index contributed by atoms with van der Waals surface area (Å²) in [5.74, 6) is -1.58. The van der Waals surface area contributed by atoms with Gasteiger partial charge in [0.05, 0.1) is 19.8 Å². The molecular weight excluding hydrogens is 1050 g/mol. The van der Waals surface area contributed by atoms with Crippen molar-refractivity contribution in [2.45, 2.75) is 290 Å². The van der Waals surface area contributed by atoms with Crippen LogP contribution in [0.1, 0.15) is 278 Å². The molecule has 0 aromatic heterocycles. The summed E-state index contributed by atoms with van der Waals surface area (Å²) in [4.78, 5) is 48.8. The predicted octanol–water partition coefficient (Wildman–Crippen LogP) is 20.1. The Kier molecular flexibility index (Phi) is 60.2. The lowest BCUT2D eigenvalue weighted by Gasteiger charge is -2.21. The van der Waals surface area contributed by atoms with E-state index >= 15 is 0 Å². The number of aliphatic hydroxyl groups is 1. The minimum atomic E-state index is -4.78. The van der Waals surface area contributed by atoms with Gasteiger partial charge in [0.1, 0.15) is 12.7 Å². The molecule has 82 heavy (non-hydrogen) atoms. The molecule has 3 atom stereocenters. The van der Waals surface area contributed by atoms with Crippen molar-refractivity contribution in [2.24, 2.45) is 0 Å². The summed E-state index contributed by atoms with van der Waals surface area (Å²) in [6.45, 7) is 4.44. The van der Waals surface area contributed by atoms with Crippen LogP contribution in [0.5, 0.6) is 0 Å². The molecule has 0 fully saturated rings. The van der Waals surface area contributed by atoms with Crippen LogP contribution in [0.3, 0.4) is 0 Å². The third kappa shape index (κ3) is 60.7. The van der Waals surface area contributed by atoms with Gasteiger partial charge >= 0.3 is 25.7 Å². The Morgan fingerprint density at radius 3 is 1.07 bits per heavy atom. The first-order chi connectivity index (χ1) is 40.2. The van der Waals surface area contributed by atoms with E-state index in [-0.39, 0.29) is 25.9 Å². The minimum Gasteiger partial charge on any atom is -0.462 e. The van der Waals surface area contributed by atoms with Crippen LogP contribution in [0.15, 0.2) is 109 Å². The quantitative estimate of drug-likeness (QED) is 0.0197. The molecule has 0 radical (unpaired) electrons. The van der Waals surface area contributed by atoms with E-state index in [4.69, 9.17) is 23.3 Å². The smallest absolute Gasteiger partial charge is 0.462 e. The van der Waals surface area contributed by atoms with E-state index in [0.717, 1.165) is 103 Å². The number of phosphoric acid groups is 1. The average Bonchev–Trinajstić information content (AvgIpc) is 3.50. The molecule has 0 aromatic rings. The maximum atomic E-state index is 13.0. The molecule has 2 N–H and O–H groups in total. The molecule has 0 bridgehead atoms. The number of carbonyl (C=O) groups excluding carboxylic acids is 3. The molecule has 0 aliphatic rings. The molecule has 0 saturated carbocycles. The maximum Gasteiger partial charge on any atom is 0.472 e. The monoisotopic (exact) mass is 1170 g/mol. The second-order valence-electron chi connectivity index (χ2n) is 21.6. The zero-order valence-corrected chi connectivity index (χ0v) is 53.1. The normalized spacial score (nSPS) is 14.0. The van der Waals surface area contributed by atoms with Gasteiger partial charge in [0.2, 0.25) is 0 Å². The summed E-state index contributed by atoms with van der Waals surface area (Å²) in [6, 6.07) is 0. The van der Waals surface area contributed by atoms with Gasteiger partial charge in [0, 0.05) is 19.3 Å². The molecule has 0 aliphatic heterocycles. The van der Waals surface area contributed by atoms with Crippen molar-refractivity contribution in [3.05, 3.63) is 109 Å². The largest absolute Gasteiger partial charge is 0.472 e. The van der Waals surface area contributed by atoms with Gasteiger partial charge in [-0.05, 0) is 96.3 Å². The van der Waals surface area contributed by atoms with Crippen molar-refractivity contribution in [1.82, 2.24) is 0 Å². The first-order valence-corrected chi connectivity index (χ1v) is 34.3. The van der Waals surface area contributed by atoms with Crippen molar-refractivity contribution in [2.75, 3.05) is 26.4 Å². The molecule has 0 saturated heterocycles. The van der Waals surface area contributed by atoms with E-state index in [9.17, 15) is 28.9 Å². The standard InChI is InChI=1S/C70H119O11P/c1-4-7-10-13-16-19-22-25-28-31-33-36-38-41-44-47-50-53-56-59-68(72)77-63-67(81-70(74)61-58-55-52-49-46-43-40-37-34-32-29-26-23-20-17-14-11-8-5-2)65-79-82(75,76)78-64-66(62-71)80-69(73)60-57-54-51-48-45-42-39-35-30-27-24-21-18-15-12-9-6-3/h8,11,16-17,19-20,25-26,28-29,33-34,36-37,43,46,52,55,66-67,71H,4-7,9-10,12-15,18,21-24,27,30-32,35,38-42,44-45,47-51,53-54,56-65H2,1-3H3,(H,75,76)/b11-8-,19-16-,20-17-,28-25-,29-26-,36-33-,37-34-,46-43-,55-52-. The van der Waals surface area contributed by atoms with E-state index in [0.29, 0.717) is 25.7 Å². The summed E-state index contributed by atoms with van der Waals surface area (Å²) in [7, 11) is -4.78. The molecule has 470 valence electrons. The molecule has 12 heteroatoms. The minimum absolute atomic E-state index is 0.0356. The Labute approximate surface area is 501 Å². The topological polar surface area (TPSA) is 155 Å². The third-order valence-corrected chi connectivity index (χ3v) is 14.6. The van der Waals surface area contributed by atoms with Gasteiger partial charge in [-0.2, -0.15) is 0 Å². The third-order valence-electron chi connectivity index (χ3n) is 13.7. The Morgan fingerprint density at radius 2 is 0.659 bits per heavy atom. The molecule has 0 rings (SSSR count). The molecule has 11 nitrogen and oxygen atoms in total. The summed E-state index contributed by atoms with van der Waals surface area (Å²) in [6.07, 6.45) is 77.7. The fraction of sp³-hybridized carbons (Fsp3) is 0.700. The first-order valence-electron chi connectivity index (χ1n) is 32.8. The number of ether oxygens (including phenoxy) is 3. The zero-order valence-electron chi connectivity index (χ0n) is 52.2. The lowest BCUT2D eigenvalue weighted by molar-refractivity contribution is -0.161. The van der Waals surface area contributed by atoms with Gasteiger partial charge in [0.15, 0.2) is 6.10 Å². The number of esters is 3. The maximum absolute atomic E-state index is 13.0. The van der Waals surface area contributed by atoms with Crippen molar-refractivity contribution in [3.8, 4) is 0 Å². The van der Waals surface area contributed by atoms with Crippen LogP contribution in [-0.4, -0.2) is 66.5 Å². The summed E-state index contributed by atoms with van der Waals surface area (Å²) in [5, 5.41) is 9.86. The highest BCUT2D eigenvalue weighted by Gasteiger charge is 2.28. The van der Waals surface area contributed by atoms with Crippen LogP contribution in [0, 0.1) is 0 Å². The zero-order chi connectivity index (χ0) is 59.8. The molecule has 3 unspecified atom stereocenters. The van der Waals surface area contributed by atoms with Gasteiger partial charge in [-0.25, -0.2) is 4.57 Å². The number of rotatable bonds is 60. The summed E-state index contributed by atoms with van der Waals surface area (Å²) in [5.41, 5.74) is 0. The summed E-state index contributed by atoms with van der Waals surface area (Å²) < 4.78 is 39.6. The van der Waals surface area contributed by atoms with Gasteiger partial charge < -0.3 is 24.2 Å². The van der Waals surface area contributed by atoms with E-state index in [1.54, 1.807) is 0 Å². The number of carbonyl (C=O) groups is 3. The predicted molar refractivity (Wildman–Crippen MR) is 343 cm³/mol. The number of hydrogen-bond acceptors (Lipinski definition) is 10. The molecule has 0 amide bonds.